The van der Waals surface area contributed by atoms with Gasteiger partial charge < -0.3 is 15.6 Å². The van der Waals surface area contributed by atoms with Crippen LogP contribution in [0.3, 0.4) is 0 Å². The predicted octanol–water partition coefficient (Wildman–Crippen LogP) is 2.31. The lowest BCUT2D eigenvalue weighted by Crippen LogP contribution is -2.76. The molecule has 2 saturated carbocycles. The highest BCUT2D eigenvalue weighted by atomic mass is 16.2. The van der Waals surface area contributed by atoms with Gasteiger partial charge in [0.25, 0.3) is 5.91 Å². The molecular weight excluding hydrogens is 250 g/mol. The van der Waals surface area contributed by atoms with Gasteiger partial charge in [-0.15, -0.1) is 0 Å². The summed E-state index contributed by atoms with van der Waals surface area (Å²) >= 11 is 0. The molecule has 2 aliphatic carbocycles. The van der Waals surface area contributed by atoms with Crippen molar-refractivity contribution in [3.8, 4) is 0 Å². The second-order valence-corrected chi connectivity index (χ2v) is 7.56. The molecule has 0 aliphatic heterocycles. The Morgan fingerprint density at radius 1 is 1.30 bits per heavy atom. The average molecular weight is 275 g/mol. The van der Waals surface area contributed by atoms with Crippen molar-refractivity contribution in [1.29, 1.82) is 0 Å². The molecule has 1 heterocycles. The van der Waals surface area contributed by atoms with Crippen LogP contribution in [0.15, 0.2) is 18.3 Å². The molecule has 1 aromatic rings. The highest BCUT2D eigenvalue weighted by Crippen LogP contribution is 2.52. The molecule has 3 rings (SSSR count). The minimum Gasteiger partial charge on any atom is -0.347 e. The number of hydrogen-bond acceptors (Lipinski definition) is 2. The van der Waals surface area contributed by atoms with E-state index in [4.69, 9.17) is 5.73 Å². The van der Waals surface area contributed by atoms with Gasteiger partial charge in [-0.2, -0.15) is 0 Å². The molecule has 0 spiro atoms. The fraction of sp³-hybridized carbons (Fsp3) is 0.688. The average Bonchev–Trinajstić information content (AvgIpc) is 3.11. The fourth-order valence-electron chi connectivity index (χ4n) is 4.01. The van der Waals surface area contributed by atoms with E-state index in [0.717, 1.165) is 5.69 Å². The summed E-state index contributed by atoms with van der Waals surface area (Å²) in [7, 11) is 0. The fourth-order valence-corrected chi connectivity index (χ4v) is 4.01. The molecule has 20 heavy (non-hydrogen) atoms. The number of nitrogens with one attached hydrogen (secondary N) is 1. The van der Waals surface area contributed by atoms with Crippen molar-refractivity contribution in [2.75, 3.05) is 0 Å². The zero-order valence-corrected chi connectivity index (χ0v) is 12.8. The van der Waals surface area contributed by atoms with Gasteiger partial charge in [0, 0.05) is 35.2 Å². The third-order valence-electron chi connectivity index (χ3n) is 5.32. The Morgan fingerprint density at radius 3 is 2.45 bits per heavy atom. The molecule has 0 atom stereocenters. The SMILES string of the molecule is CC1(C)C(N)C(C)(C)C1NC(=O)c1cccn1C1CC1. The summed E-state index contributed by atoms with van der Waals surface area (Å²) in [5.41, 5.74) is 6.91. The van der Waals surface area contributed by atoms with Gasteiger partial charge in [-0.25, -0.2) is 0 Å². The quantitative estimate of drug-likeness (QED) is 0.889. The van der Waals surface area contributed by atoms with Gasteiger partial charge >= 0.3 is 0 Å². The molecule has 0 saturated heterocycles. The molecule has 4 nitrogen and oxygen atoms in total. The third-order valence-corrected chi connectivity index (χ3v) is 5.32. The highest BCUT2D eigenvalue weighted by Gasteiger charge is 2.60. The summed E-state index contributed by atoms with van der Waals surface area (Å²) in [6.45, 7) is 8.53. The van der Waals surface area contributed by atoms with Crippen LogP contribution >= 0.6 is 0 Å². The molecule has 110 valence electrons. The Bertz CT molecular complexity index is 524. The van der Waals surface area contributed by atoms with Crippen LogP contribution in [0.1, 0.15) is 57.1 Å². The first-order valence-corrected chi connectivity index (χ1v) is 7.49. The van der Waals surface area contributed by atoms with Gasteiger partial charge in [0.1, 0.15) is 5.69 Å². The summed E-state index contributed by atoms with van der Waals surface area (Å²) in [6.07, 6.45) is 4.37. The van der Waals surface area contributed by atoms with E-state index in [-0.39, 0.29) is 28.8 Å². The van der Waals surface area contributed by atoms with Gasteiger partial charge in [-0.05, 0) is 25.0 Å². The second kappa shape index (κ2) is 4.10. The van der Waals surface area contributed by atoms with E-state index >= 15 is 0 Å². The van der Waals surface area contributed by atoms with Gasteiger partial charge in [0.05, 0.1) is 0 Å². The topological polar surface area (TPSA) is 60.0 Å². The molecule has 3 N–H and O–H groups in total. The van der Waals surface area contributed by atoms with Crippen LogP contribution in [-0.4, -0.2) is 22.6 Å². The van der Waals surface area contributed by atoms with Gasteiger partial charge in [-0.1, -0.05) is 27.7 Å². The smallest absolute Gasteiger partial charge is 0.268 e. The van der Waals surface area contributed by atoms with Crippen molar-refractivity contribution >= 4 is 5.91 Å². The second-order valence-electron chi connectivity index (χ2n) is 7.56. The Morgan fingerprint density at radius 2 is 1.90 bits per heavy atom. The molecule has 0 aromatic carbocycles. The first-order chi connectivity index (χ1) is 9.26. The molecular formula is C16H25N3O. The summed E-state index contributed by atoms with van der Waals surface area (Å²) in [5, 5.41) is 3.21. The number of hydrogen-bond donors (Lipinski definition) is 2. The number of rotatable bonds is 3. The number of aromatic nitrogens is 1. The van der Waals surface area contributed by atoms with Crippen LogP contribution in [0.25, 0.3) is 0 Å². The molecule has 1 amide bonds. The summed E-state index contributed by atoms with van der Waals surface area (Å²) < 4.78 is 2.11. The first kappa shape index (κ1) is 13.7. The predicted molar refractivity (Wildman–Crippen MR) is 79.5 cm³/mol. The lowest BCUT2D eigenvalue weighted by atomic mass is 9.48. The Kier molecular flexibility index (Phi) is 2.81. The largest absolute Gasteiger partial charge is 0.347 e. The number of nitrogens with two attached hydrogens (primary N) is 1. The van der Waals surface area contributed by atoms with Crippen LogP contribution in [-0.2, 0) is 0 Å². The summed E-state index contributed by atoms with van der Waals surface area (Å²) in [5.74, 6) is 0.0277. The minimum atomic E-state index is -0.0594. The minimum absolute atomic E-state index is 0.0277. The van der Waals surface area contributed by atoms with E-state index in [2.05, 4.69) is 37.6 Å². The van der Waals surface area contributed by atoms with Crippen LogP contribution < -0.4 is 11.1 Å². The van der Waals surface area contributed by atoms with E-state index in [1.807, 2.05) is 18.3 Å². The lowest BCUT2D eigenvalue weighted by Gasteiger charge is -2.62. The van der Waals surface area contributed by atoms with Crippen LogP contribution in [0.5, 0.6) is 0 Å². The number of carbonyl (C=O) groups excluding carboxylic acids is 1. The maximum Gasteiger partial charge on any atom is 0.268 e. The zero-order chi connectivity index (χ0) is 14.7. The van der Waals surface area contributed by atoms with E-state index < -0.39 is 0 Å². The van der Waals surface area contributed by atoms with Crippen molar-refractivity contribution in [3.05, 3.63) is 24.0 Å². The van der Waals surface area contributed by atoms with Crippen molar-refractivity contribution in [1.82, 2.24) is 9.88 Å². The summed E-state index contributed by atoms with van der Waals surface area (Å²) in [6, 6.07) is 4.61. The maximum absolute atomic E-state index is 12.6. The molecule has 2 fully saturated rings. The van der Waals surface area contributed by atoms with E-state index in [0.29, 0.717) is 6.04 Å². The molecule has 0 unspecified atom stereocenters. The van der Waals surface area contributed by atoms with Crippen molar-refractivity contribution in [2.45, 2.75) is 58.7 Å². The monoisotopic (exact) mass is 275 g/mol. The van der Waals surface area contributed by atoms with Crippen molar-refractivity contribution in [2.24, 2.45) is 16.6 Å². The van der Waals surface area contributed by atoms with Gasteiger partial charge in [0.2, 0.25) is 0 Å². The molecule has 0 radical (unpaired) electrons. The molecule has 1 aromatic heterocycles. The lowest BCUT2D eigenvalue weighted by molar-refractivity contribution is -0.0664. The molecule has 0 bridgehead atoms. The number of amides is 1. The van der Waals surface area contributed by atoms with E-state index in [1.165, 1.54) is 12.8 Å². The van der Waals surface area contributed by atoms with Crippen LogP contribution in [0.2, 0.25) is 0 Å². The van der Waals surface area contributed by atoms with Crippen LogP contribution in [0.4, 0.5) is 0 Å². The highest BCUT2D eigenvalue weighted by molar-refractivity contribution is 5.93. The Labute approximate surface area is 120 Å². The van der Waals surface area contributed by atoms with E-state index in [9.17, 15) is 4.79 Å². The zero-order valence-electron chi connectivity index (χ0n) is 12.8. The summed E-state index contributed by atoms with van der Waals surface area (Å²) in [4.78, 5) is 12.6. The van der Waals surface area contributed by atoms with Gasteiger partial charge in [0.15, 0.2) is 0 Å². The van der Waals surface area contributed by atoms with Crippen molar-refractivity contribution in [3.63, 3.8) is 0 Å². The Balaban J connectivity index is 1.78. The van der Waals surface area contributed by atoms with Gasteiger partial charge in [-0.3, -0.25) is 4.79 Å². The first-order valence-electron chi connectivity index (χ1n) is 7.49. The number of carbonyl (C=O) groups is 1. The third kappa shape index (κ3) is 1.81. The number of nitrogens with zero attached hydrogens (tertiary/aromatic N) is 1. The molecule has 4 heteroatoms. The van der Waals surface area contributed by atoms with Crippen molar-refractivity contribution < 1.29 is 4.79 Å². The maximum atomic E-state index is 12.6. The molecule has 2 aliphatic rings. The Hall–Kier alpha value is -1.29. The normalized spacial score (nSPS) is 30.6. The van der Waals surface area contributed by atoms with E-state index in [1.54, 1.807) is 0 Å². The standard InChI is InChI=1S/C16H25N3O/c1-15(2)13(17)16(3,4)14(15)18-12(20)11-6-5-9-19(11)10-7-8-10/h5-6,9-10,13-14H,7-8,17H2,1-4H3,(H,18,20). The van der Waals surface area contributed by atoms with Crippen LogP contribution in [0, 0.1) is 10.8 Å².